The highest BCUT2D eigenvalue weighted by molar-refractivity contribution is 6.01. The third-order valence-corrected chi connectivity index (χ3v) is 10.8. The van der Waals surface area contributed by atoms with Crippen molar-refractivity contribution in [2.45, 2.75) is 77.7 Å². The number of benzene rings is 4. The molecular formula is C49H58N8O13. The number of urea groups is 1. The maximum Gasteiger partial charge on any atom is 0.514 e. The number of nitrogens with zero attached hydrogens (tertiary/aromatic N) is 2. The molecule has 0 aliphatic heterocycles. The number of anilines is 1. The van der Waals surface area contributed by atoms with E-state index < -0.39 is 77.2 Å². The number of likely N-dealkylation sites (N-methyl/N-ethyl adjacent to an activating group) is 1. The molecule has 0 aromatic heterocycles. The van der Waals surface area contributed by atoms with E-state index in [2.05, 4.69) is 26.6 Å². The zero-order chi connectivity index (χ0) is 51.1. The molecule has 372 valence electrons. The number of nitro benzene ring substituents is 1. The molecule has 1 aliphatic rings. The Morgan fingerprint density at radius 3 is 2.06 bits per heavy atom. The summed E-state index contributed by atoms with van der Waals surface area (Å²) in [6.07, 6.45) is -2.46. The zero-order valence-electron chi connectivity index (χ0n) is 39.7. The van der Waals surface area contributed by atoms with Gasteiger partial charge in [-0.2, -0.15) is 0 Å². The monoisotopic (exact) mass is 966 g/mol. The summed E-state index contributed by atoms with van der Waals surface area (Å²) in [6.45, 7) is 8.13. The maximum absolute atomic E-state index is 14.0. The fraction of sp³-hybridized carbons (Fsp3) is 0.367. The van der Waals surface area contributed by atoms with Crippen LogP contribution in [-0.2, 0) is 30.4 Å². The number of hydrogen-bond acceptors (Lipinski definition) is 13. The minimum absolute atomic E-state index is 0.00447. The third kappa shape index (κ3) is 15.1. The van der Waals surface area contributed by atoms with Gasteiger partial charge in [-0.3, -0.25) is 24.5 Å². The van der Waals surface area contributed by atoms with E-state index in [1.165, 1.54) is 42.3 Å². The van der Waals surface area contributed by atoms with Crippen molar-refractivity contribution in [2.75, 3.05) is 38.6 Å². The van der Waals surface area contributed by atoms with E-state index in [1.807, 2.05) is 48.5 Å². The predicted octanol–water partition coefficient (Wildman–Crippen LogP) is 6.34. The third-order valence-electron chi connectivity index (χ3n) is 10.8. The molecule has 70 heavy (non-hydrogen) atoms. The summed E-state index contributed by atoms with van der Waals surface area (Å²) >= 11 is 0. The van der Waals surface area contributed by atoms with Crippen molar-refractivity contribution < 1.29 is 57.4 Å². The van der Waals surface area contributed by atoms with Crippen LogP contribution in [0.25, 0.3) is 11.1 Å². The molecule has 21 nitrogen and oxygen atoms in total. The van der Waals surface area contributed by atoms with Gasteiger partial charge in [-0.15, -0.1) is 0 Å². The Morgan fingerprint density at radius 2 is 1.46 bits per heavy atom. The largest absolute Gasteiger partial charge is 0.514 e. The van der Waals surface area contributed by atoms with Crippen LogP contribution in [0.1, 0.15) is 80.4 Å². The van der Waals surface area contributed by atoms with Gasteiger partial charge in [-0.25, -0.2) is 19.2 Å². The first kappa shape index (κ1) is 52.7. The first-order chi connectivity index (χ1) is 33.2. The van der Waals surface area contributed by atoms with E-state index in [0.717, 1.165) is 34.4 Å². The highest BCUT2D eigenvalue weighted by Gasteiger charge is 2.32. The van der Waals surface area contributed by atoms with Crippen LogP contribution < -0.4 is 37.1 Å². The molecule has 2 atom stereocenters. The van der Waals surface area contributed by atoms with Gasteiger partial charge in [0.2, 0.25) is 11.8 Å². The number of fused-ring (bicyclic) bond motifs is 3. The minimum atomic E-state index is -1.24. The number of rotatable bonds is 20. The summed E-state index contributed by atoms with van der Waals surface area (Å²) in [5.41, 5.74) is 8.57. The SMILES string of the molecule is CC(C)[C@H](NC(=O)OCC1c2ccccc2-c2ccccc21)C(=O)N[C@@H](CCCNC(N)=O)C(=O)Nc1ccc(COC(=O)Oc2ccc([N+](=O)[O-])cc2)c(C(=O)NCCN(C)C(=O)OC(C)(C)C)c1. The number of carbonyl (C=O) groups is 7. The van der Waals surface area contributed by atoms with Crippen LogP contribution in [0.2, 0.25) is 0 Å². The van der Waals surface area contributed by atoms with E-state index in [9.17, 15) is 43.7 Å². The summed E-state index contributed by atoms with van der Waals surface area (Å²) in [6, 6.07) is 21.4. The van der Waals surface area contributed by atoms with Crippen LogP contribution in [-0.4, -0.2) is 103 Å². The molecule has 4 aromatic rings. The van der Waals surface area contributed by atoms with Gasteiger partial charge in [0.25, 0.3) is 11.6 Å². The predicted molar refractivity (Wildman–Crippen MR) is 256 cm³/mol. The lowest BCUT2D eigenvalue weighted by Crippen LogP contribution is -2.54. The highest BCUT2D eigenvalue weighted by Crippen LogP contribution is 2.44. The Morgan fingerprint density at radius 1 is 0.814 bits per heavy atom. The minimum Gasteiger partial charge on any atom is -0.449 e. The van der Waals surface area contributed by atoms with Crippen molar-refractivity contribution >= 4 is 53.5 Å². The van der Waals surface area contributed by atoms with E-state index in [4.69, 9.17) is 24.7 Å². The van der Waals surface area contributed by atoms with Gasteiger partial charge >= 0.3 is 24.4 Å². The number of primary amides is 1. The van der Waals surface area contributed by atoms with E-state index in [0.29, 0.717) is 0 Å². The maximum atomic E-state index is 14.0. The van der Waals surface area contributed by atoms with Gasteiger partial charge in [-0.1, -0.05) is 68.4 Å². The van der Waals surface area contributed by atoms with Crippen molar-refractivity contribution in [1.82, 2.24) is 26.2 Å². The molecule has 4 aromatic carbocycles. The molecule has 0 fully saturated rings. The number of nitro groups is 1. The lowest BCUT2D eigenvalue weighted by atomic mass is 9.98. The average molecular weight is 967 g/mol. The Hall–Kier alpha value is -8.23. The summed E-state index contributed by atoms with van der Waals surface area (Å²) in [5, 5.41) is 24.2. The number of nitrogens with one attached hydrogen (secondary N) is 5. The Bertz CT molecular complexity index is 2520. The van der Waals surface area contributed by atoms with Crippen molar-refractivity contribution in [1.29, 1.82) is 0 Å². The molecule has 0 radical (unpaired) electrons. The summed E-state index contributed by atoms with van der Waals surface area (Å²) in [4.78, 5) is 103. The lowest BCUT2D eigenvalue weighted by molar-refractivity contribution is -0.384. The van der Waals surface area contributed by atoms with E-state index in [-0.39, 0.29) is 73.3 Å². The number of ether oxygens (including phenoxy) is 4. The van der Waals surface area contributed by atoms with Crippen molar-refractivity contribution in [3.8, 4) is 16.9 Å². The second-order valence-corrected chi connectivity index (χ2v) is 17.6. The summed E-state index contributed by atoms with van der Waals surface area (Å²) in [7, 11) is 1.49. The topological polar surface area (TPSA) is 289 Å². The molecule has 0 bridgehead atoms. The summed E-state index contributed by atoms with van der Waals surface area (Å²) < 4.78 is 21.5. The Labute approximate surface area is 404 Å². The molecule has 0 saturated carbocycles. The smallest absolute Gasteiger partial charge is 0.449 e. The van der Waals surface area contributed by atoms with Crippen molar-refractivity contribution in [2.24, 2.45) is 11.7 Å². The van der Waals surface area contributed by atoms with Crippen LogP contribution in [0.5, 0.6) is 5.75 Å². The molecule has 0 saturated heterocycles. The van der Waals surface area contributed by atoms with Gasteiger partial charge in [0.15, 0.2) is 0 Å². The van der Waals surface area contributed by atoms with Crippen LogP contribution in [0, 0.1) is 16.0 Å². The molecule has 5 rings (SSSR count). The van der Waals surface area contributed by atoms with Crippen molar-refractivity contribution in [3.05, 3.63) is 123 Å². The zero-order valence-corrected chi connectivity index (χ0v) is 39.7. The first-order valence-corrected chi connectivity index (χ1v) is 22.4. The first-order valence-electron chi connectivity index (χ1n) is 22.4. The normalized spacial score (nSPS) is 12.5. The molecule has 7 amide bonds. The number of alkyl carbamates (subject to hydrolysis) is 1. The number of hydrogen-bond donors (Lipinski definition) is 6. The number of carbonyl (C=O) groups excluding carboxylic acids is 7. The number of amides is 7. The van der Waals surface area contributed by atoms with E-state index in [1.54, 1.807) is 34.6 Å². The van der Waals surface area contributed by atoms with E-state index >= 15 is 0 Å². The second-order valence-electron chi connectivity index (χ2n) is 17.6. The number of non-ortho nitro benzene ring substituents is 1. The second kappa shape index (κ2) is 24.2. The fourth-order valence-corrected chi connectivity index (χ4v) is 7.33. The quantitative estimate of drug-likeness (QED) is 0.0141. The van der Waals surface area contributed by atoms with Gasteiger partial charge in [-0.05, 0) is 86.1 Å². The van der Waals surface area contributed by atoms with Gasteiger partial charge in [0.05, 0.1) is 4.92 Å². The van der Waals surface area contributed by atoms with Gasteiger partial charge in [0.1, 0.15) is 36.6 Å². The Balaban J connectivity index is 1.29. The standard InChI is InChI=1S/C49H58N8O13/c1-29(2)41(55-46(62)67-28-39-36-14-9-7-12-34(36)35-13-8-10-15-37(35)39)44(60)54-40(16-11-23-52-45(50)61)43(59)53-31-18-17-30(27-68-48(64)69-33-21-19-32(20-22-33)57(65)66)38(26-31)42(58)51-24-25-56(6)47(63)70-49(3,4)5/h7-10,12-15,17-22,26,29,39-41H,11,16,23-25,27-28H2,1-6H3,(H,51,58)(H,53,59)(H,54,60)(H,55,62)(H3,50,52,61)/t40-,41-/m0/s1. The highest BCUT2D eigenvalue weighted by atomic mass is 16.7. The lowest BCUT2D eigenvalue weighted by Gasteiger charge is -2.25. The van der Waals surface area contributed by atoms with Gasteiger partial charge in [0, 0.05) is 61.5 Å². The molecule has 0 heterocycles. The average Bonchev–Trinajstić information content (AvgIpc) is 3.63. The molecule has 7 N–H and O–H groups in total. The molecule has 0 spiro atoms. The van der Waals surface area contributed by atoms with Gasteiger partial charge < -0.3 is 56.2 Å². The Kier molecular flexibility index (Phi) is 18.2. The van der Waals surface area contributed by atoms with Crippen LogP contribution in [0.3, 0.4) is 0 Å². The fourth-order valence-electron chi connectivity index (χ4n) is 7.33. The molecule has 0 unspecified atom stereocenters. The van der Waals surface area contributed by atoms with Crippen LogP contribution in [0.4, 0.5) is 30.6 Å². The van der Waals surface area contributed by atoms with Crippen LogP contribution >= 0.6 is 0 Å². The number of nitrogens with two attached hydrogens (primary N) is 1. The molecular weight excluding hydrogens is 909 g/mol. The summed E-state index contributed by atoms with van der Waals surface area (Å²) in [5.74, 6) is -2.84. The molecule has 21 heteroatoms. The van der Waals surface area contributed by atoms with Crippen molar-refractivity contribution in [3.63, 3.8) is 0 Å². The molecule has 1 aliphatic carbocycles. The van der Waals surface area contributed by atoms with Crippen LogP contribution in [0.15, 0.2) is 91.0 Å².